The second-order valence-corrected chi connectivity index (χ2v) is 7.71. The Morgan fingerprint density at radius 1 is 0.778 bits per heavy atom. The van der Waals surface area contributed by atoms with E-state index in [1.165, 1.54) is 77.7 Å². The number of hydrogen-bond acceptors (Lipinski definition) is 5. The van der Waals surface area contributed by atoms with E-state index in [0.29, 0.717) is 19.3 Å². The lowest BCUT2D eigenvalue weighted by Gasteiger charge is -2.14. The van der Waals surface area contributed by atoms with Gasteiger partial charge in [-0.1, -0.05) is 77.6 Å². The minimum absolute atomic E-state index is 0.154. The molecule has 1 fully saturated rings. The monoisotopic (exact) mass is 384 g/mol. The third-order valence-corrected chi connectivity index (χ3v) is 5.35. The second kappa shape index (κ2) is 15.8. The zero-order valence-electron chi connectivity index (χ0n) is 17.5. The first-order chi connectivity index (χ1) is 13.2. The van der Waals surface area contributed by atoms with Gasteiger partial charge in [-0.25, -0.2) is 4.79 Å². The van der Waals surface area contributed by atoms with Gasteiger partial charge in [0.25, 0.3) is 0 Å². The summed E-state index contributed by atoms with van der Waals surface area (Å²) in [5.74, 6) is -0.224. The van der Waals surface area contributed by atoms with Crippen molar-refractivity contribution >= 4 is 12.1 Å². The minimum Gasteiger partial charge on any atom is -0.469 e. The first kappa shape index (κ1) is 23.8. The molecule has 5 heteroatoms. The molecule has 0 aromatic rings. The predicted molar refractivity (Wildman–Crippen MR) is 107 cm³/mol. The fourth-order valence-electron chi connectivity index (χ4n) is 3.65. The Morgan fingerprint density at radius 2 is 1.22 bits per heavy atom. The Labute approximate surface area is 165 Å². The van der Waals surface area contributed by atoms with Gasteiger partial charge in [0.15, 0.2) is 0 Å². The summed E-state index contributed by atoms with van der Waals surface area (Å²) in [5.41, 5.74) is 0. The molecule has 0 aliphatic carbocycles. The van der Waals surface area contributed by atoms with Crippen LogP contribution >= 0.6 is 0 Å². The normalized spacial score (nSPS) is 19.0. The fourth-order valence-corrected chi connectivity index (χ4v) is 3.65. The summed E-state index contributed by atoms with van der Waals surface area (Å²) < 4.78 is 15.1. The van der Waals surface area contributed by atoms with E-state index in [2.05, 4.69) is 11.7 Å². The molecular formula is C22H40O5. The largest absolute Gasteiger partial charge is 0.509 e. The first-order valence-electron chi connectivity index (χ1n) is 11.1. The van der Waals surface area contributed by atoms with Gasteiger partial charge in [0.2, 0.25) is 0 Å². The summed E-state index contributed by atoms with van der Waals surface area (Å²) in [6, 6.07) is 0. The molecule has 1 saturated heterocycles. The summed E-state index contributed by atoms with van der Waals surface area (Å²) in [6.45, 7) is 2.26. The van der Waals surface area contributed by atoms with Crippen LogP contribution in [0.25, 0.3) is 0 Å². The summed E-state index contributed by atoms with van der Waals surface area (Å²) in [4.78, 5) is 22.6. The van der Waals surface area contributed by atoms with E-state index in [1.54, 1.807) is 0 Å². The number of carbonyl (C=O) groups excluding carboxylic acids is 2. The molecule has 5 nitrogen and oxygen atoms in total. The van der Waals surface area contributed by atoms with Crippen molar-refractivity contribution in [2.24, 2.45) is 0 Å². The Kier molecular flexibility index (Phi) is 13.9. The molecule has 1 aliphatic heterocycles. The van der Waals surface area contributed by atoms with Gasteiger partial charge in [0.1, 0.15) is 12.2 Å². The minimum atomic E-state index is -0.568. The van der Waals surface area contributed by atoms with Crippen molar-refractivity contribution in [1.29, 1.82) is 0 Å². The van der Waals surface area contributed by atoms with Crippen molar-refractivity contribution in [3.63, 3.8) is 0 Å². The highest BCUT2D eigenvalue weighted by molar-refractivity contribution is 5.69. The van der Waals surface area contributed by atoms with E-state index in [4.69, 9.17) is 9.47 Å². The molecule has 0 radical (unpaired) electrons. The molecule has 2 atom stereocenters. The first-order valence-corrected chi connectivity index (χ1v) is 11.1. The third kappa shape index (κ3) is 11.9. The van der Waals surface area contributed by atoms with E-state index in [-0.39, 0.29) is 18.2 Å². The van der Waals surface area contributed by atoms with Gasteiger partial charge >= 0.3 is 12.1 Å². The van der Waals surface area contributed by atoms with E-state index in [9.17, 15) is 9.59 Å². The topological polar surface area (TPSA) is 61.8 Å². The number of unbranched alkanes of at least 4 members (excludes halogenated alkanes) is 11. The van der Waals surface area contributed by atoms with Crippen LogP contribution in [0.15, 0.2) is 0 Å². The lowest BCUT2D eigenvalue weighted by Crippen LogP contribution is -2.22. The van der Waals surface area contributed by atoms with Crippen LogP contribution in [0.2, 0.25) is 0 Å². The molecule has 1 aliphatic rings. The summed E-state index contributed by atoms with van der Waals surface area (Å²) in [7, 11) is 1.39. The second-order valence-electron chi connectivity index (χ2n) is 7.71. The zero-order chi connectivity index (χ0) is 19.7. The molecule has 0 aromatic heterocycles. The van der Waals surface area contributed by atoms with Crippen LogP contribution in [0.4, 0.5) is 4.79 Å². The maximum atomic E-state index is 11.4. The Bertz CT molecular complexity index is 396. The molecule has 0 spiro atoms. The number of cyclic esters (lactones) is 2. The summed E-state index contributed by atoms with van der Waals surface area (Å²) in [6.07, 6.45) is 17.4. The molecule has 158 valence electrons. The van der Waals surface area contributed by atoms with E-state index < -0.39 is 6.16 Å². The van der Waals surface area contributed by atoms with Crippen LogP contribution in [0, 0.1) is 0 Å². The molecule has 27 heavy (non-hydrogen) atoms. The Morgan fingerprint density at radius 3 is 1.70 bits per heavy atom. The van der Waals surface area contributed by atoms with Gasteiger partial charge in [-0.2, -0.15) is 0 Å². The van der Waals surface area contributed by atoms with Crippen LogP contribution in [-0.2, 0) is 19.0 Å². The number of ether oxygens (including phenoxy) is 3. The third-order valence-electron chi connectivity index (χ3n) is 5.35. The highest BCUT2D eigenvalue weighted by Crippen LogP contribution is 2.25. The van der Waals surface area contributed by atoms with Crippen molar-refractivity contribution in [2.45, 2.75) is 122 Å². The SMILES string of the molecule is CCCCCCCCCCCCCCC1OC(=O)OC1CCCC(=O)OC. The number of hydrogen-bond donors (Lipinski definition) is 0. The van der Waals surface area contributed by atoms with Crippen molar-refractivity contribution in [2.75, 3.05) is 7.11 Å². The highest BCUT2D eigenvalue weighted by Gasteiger charge is 2.35. The molecular weight excluding hydrogens is 344 g/mol. The maximum Gasteiger partial charge on any atom is 0.509 e. The summed E-state index contributed by atoms with van der Waals surface area (Å²) in [5, 5.41) is 0. The molecule has 1 rings (SSSR count). The fraction of sp³-hybridized carbons (Fsp3) is 0.909. The average Bonchev–Trinajstić information content (AvgIpc) is 3.01. The van der Waals surface area contributed by atoms with Crippen LogP contribution in [0.5, 0.6) is 0 Å². The van der Waals surface area contributed by atoms with Crippen LogP contribution in [0.1, 0.15) is 110 Å². The molecule has 0 bridgehead atoms. The number of carbonyl (C=O) groups is 2. The lowest BCUT2D eigenvalue weighted by atomic mass is 10.0. The van der Waals surface area contributed by atoms with Gasteiger partial charge in [0, 0.05) is 6.42 Å². The van der Waals surface area contributed by atoms with Crippen molar-refractivity contribution < 1.29 is 23.8 Å². The molecule has 2 unspecified atom stereocenters. The molecule has 0 amide bonds. The predicted octanol–water partition coefficient (Wildman–Crippen LogP) is 6.32. The van der Waals surface area contributed by atoms with Crippen molar-refractivity contribution in [3.8, 4) is 0 Å². The average molecular weight is 385 g/mol. The van der Waals surface area contributed by atoms with Crippen LogP contribution in [-0.4, -0.2) is 31.4 Å². The smallest absolute Gasteiger partial charge is 0.469 e. The van der Waals surface area contributed by atoms with Gasteiger partial charge < -0.3 is 14.2 Å². The van der Waals surface area contributed by atoms with Gasteiger partial charge in [-0.15, -0.1) is 0 Å². The van der Waals surface area contributed by atoms with Crippen molar-refractivity contribution in [1.82, 2.24) is 0 Å². The van der Waals surface area contributed by atoms with Crippen LogP contribution in [0.3, 0.4) is 0 Å². The number of rotatable bonds is 17. The lowest BCUT2D eigenvalue weighted by molar-refractivity contribution is -0.140. The van der Waals surface area contributed by atoms with Gasteiger partial charge in [0.05, 0.1) is 7.11 Å². The quantitative estimate of drug-likeness (QED) is 0.217. The highest BCUT2D eigenvalue weighted by atomic mass is 16.8. The van der Waals surface area contributed by atoms with Gasteiger partial charge in [-0.05, 0) is 25.7 Å². The Hall–Kier alpha value is -1.26. The molecule has 1 heterocycles. The molecule has 0 saturated carbocycles. The number of esters is 1. The van der Waals surface area contributed by atoms with E-state index >= 15 is 0 Å². The Balaban J connectivity index is 1.98. The molecule has 0 aromatic carbocycles. The van der Waals surface area contributed by atoms with Gasteiger partial charge in [-0.3, -0.25) is 4.79 Å². The van der Waals surface area contributed by atoms with Crippen LogP contribution < -0.4 is 0 Å². The molecule has 0 N–H and O–H groups in total. The zero-order valence-corrected chi connectivity index (χ0v) is 17.5. The number of methoxy groups -OCH3 is 1. The van der Waals surface area contributed by atoms with Crippen molar-refractivity contribution in [3.05, 3.63) is 0 Å². The standard InChI is InChI=1S/C22H40O5/c1-3-4-5-6-7-8-9-10-11-12-13-14-16-19-20(27-22(24)26-19)17-15-18-21(23)25-2/h19-20H,3-18H2,1-2H3. The van der Waals surface area contributed by atoms with E-state index in [0.717, 1.165) is 12.8 Å². The maximum absolute atomic E-state index is 11.4. The van der Waals surface area contributed by atoms with E-state index in [1.807, 2.05) is 0 Å². The summed E-state index contributed by atoms with van der Waals surface area (Å²) >= 11 is 0.